The summed E-state index contributed by atoms with van der Waals surface area (Å²) in [6.07, 6.45) is 3.41. The van der Waals surface area contributed by atoms with E-state index in [1.165, 1.54) is 6.20 Å². The van der Waals surface area contributed by atoms with Gasteiger partial charge in [-0.1, -0.05) is 11.6 Å². The maximum Gasteiger partial charge on any atom is 0.200 e. The van der Waals surface area contributed by atoms with E-state index in [1.54, 1.807) is 6.07 Å². The molecular formula is C10H9Cl2NO. The second-order valence-corrected chi connectivity index (χ2v) is 5.05. The first-order valence-corrected chi connectivity index (χ1v) is 5.55. The lowest BCUT2D eigenvalue weighted by molar-refractivity contribution is -0.615. The number of alkyl halides is 1. The Balaban J connectivity index is 2.25. The third-order valence-electron chi connectivity index (χ3n) is 3.37. The van der Waals surface area contributed by atoms with Crippen molar-refractivity contribution >= 4 is 23.2 Å². The topological polar surface area (TPSA) is 26.9 Å². The van der Waals surface area contributed by atoms with E-state index in [2.05, 4.69) is 0 Å². The SMILES string of the molecule is [O-][n+]1ccc(Cl)c2c1[C@@H]1C[C@H](Cl)[C@H]2C1. The molecule has 1 fully saturated rings. The van der Waals surface area contributed by atoms with Crippen LogP contribution in [0.2, 0.25) is 5.02 Å². The van der Waals surface area contributed by atoms with E-state index in [4.69, 9.17) is 23.2 Å². The van der Waals surface area contributed by atoms with Crippen molar-refractivity contribution in [3.8, 4) is 0 Å². The average molecular weight is 230 g/mol. The summed E-state index contributed by atoms with van der Waals surface area (Å²) in [7, 11) is 0. The molecule has 1 aromatic rings. The van der Waals surface area contributed by atoms with Crippen LogP contribution in [-0.2, 0) is 0 Å². The van der Waals surface area contributed by atoms with Gasteiger partial charge in [-0.05, 0) is 12.8 Å². The molecule has 3 atom stereocenters. The van der Waals surface area contributed by atoms with Crippen molar-refractivity contribution < 1.29 is 4.73 Å². The number of rotatable bonds is 0. The highest BCUT2D eigenvalue weighted by Crippen LogP contribution is 2.55. The van der Waals surface area contributed by atoms with Crippen molar-refractivity contribution in [2.24, 2.45) is 0 Å². The second kappa shape index (κ2) is 2.77. The standard InChI is InChI=1S/C10H9Cl2NO/c11-7-1-2-13(14)10-5-3-6(9(7)10)8(12)4-5/h1-2,5-6,8H,3-4H2/t5-,6+,8-/m0/s1. The molecule has 0 aromatic carbocycles. The summed E-state index contributed by atoms with van der Waals surface area (Å²) in [6.45, 7) is 0. The molecule has 3 rings (SSSR count). The molecule has 0 saturated heterocycles. The van der Waals surface area contributed by atoms with Gasteiger partial charge in [0.25, 0.3) is 0 Å². The number of pyridine rings is 1. The van der Waals surface area contributed by atoms with Gasteiger partial charge in [0.1, 0.15) is 0 Å². The summed E-state index contributed by atoms with van der Waals surface area (Å²) >= 11 is 12.3. The zero-order valence-corrected chi connectivity index (χ0v) is 8.92. The number of halogens is 2. The Morgan fingerprint density at radius 3 is 3.00 bits per heavy atom. The normalized spacial score (nSPS) is 33.4. The van der Waals surface area contributed by atoms with Crippen LogP contribution in [-0.4, -0.2) is 5.38 Å². The molecule has 0 aliphatic heterocycles. The minimum Gasteiger partial charge on any atom is -0.618 e. The third-order valence-corrected chi connectivity index (χ3v) is 4.18. The zero-order chi connectivity index (χ0) is 9.87. The fourth-order valence-electron chi connectivity index (χ4n) is 2.82. The molecule has 14 heavy (non-hydrogen) atoms. The van der Waals surface area contributed by atoms with E-state index in [-0.39, 0.29) is 5.38 Å². The number of fused-ring (bicyclic) bond motifs is 5. The molecule has 2 aliphatic carbocycles. The summed E-state index contributed by atoms with van der Waals surface area (Å²) in [4.78, 5) is 0. The van der Waals surface area contributed by atoms with Gasteiger partial charge in [-0.25, -0.2) is 0 Å². The van der Waals surface area contributed by atoms with E-state index in [0.717, 1.165) is 28.8 Å². The van der Waals surface area contributed by atoms with E-state index in [1.807, 2.05) is 0 Å². The molecule has 0 unspecified atom stereocenters. The zero-order valence-electron chi connectivity index (χ0n) is 7.41. The van der Waals surface area contributed by atoms with Crippen LogP contribution < -0.4 is 4.73 Å². The fraction of sp³-hybridized carbons (Fsp3) is 0.500. The molecule has 0 spiro atoms. The molecule has 0 radical (unpaired) electrons. The number of hydrogen-bond donors (Lipinski definition) is 0. The lowest BCUT2D eigenvalue weighted by atomic mass is 9.95. The molecule has 0 N–H and O–H groups in total. The highest BCUT2D eigenvalue weighted by molar-refractivity contribution is 6.31. The van der Waals surface area contributed by atoms with Crippen molar-refractivity contribution in [3.05, 3.63) is 33.8 Å². The van der Waals surface area contributed by atoms with Gasteiger partial charge >= 0.3 is 0 Å². The van der Waals surface area contributed by atoms with E-state index >= 15 is 0 Å². The lowest BCUT2D eigenvalue weighted by Crippen LogP contribution is -2.34. The number of nitrogens with zero attached hydrogens (tertiary/aromatic N) is 1. The first kappa shape index (κ1) is 8.81. The highest BCUT2D eigenvalue weighted by Gasteiger charge is 2.49. The Hall–Kier alpha value is -0.470. The maximum absolute atomic E-state index is 11.6. The van der Waals surface area contributed by atoms with E-state index in [9.17, 15) is 5.21 Å². The van der Waals surface area contributed by atoms with Crippen molar-refractivity contribution in [1.82, 2.24) is 0 Å². The molecular weight excluding hydrogens is 221 g/mol. The molecule has 74 valence electrons. The van der Waals surface area contributed by atoms with Gasteiger partial charge in [0.15, 0.2) is 6.20 Å². The Labute approximate surface area is 92.0 Å². The van der Waals surface area contributed by atoms with Crippen LogP contribution in [0.1, 0.15) is 35.9 Å². The smallest absolute Gasteiger partial charge is 0.200 e. The summed E-state index contributed by atoms with van der Waals surface area (Å²) in [6, 6.07) is 1.66. The average Bonchev–Trinajstić information content (AvgIpc) is 2.68. The molecule has 4 heteroatoms. The van der Waals surface area contributed by atoms with Gasteiger partial charge in [-0.2, -0.15) is 4.73 Å². The Bertz CT molecular complexity index is 407. The van der Waals surface area contributed by atoms with Crippen LogP contribution in [0.15, 0.2) is 12.3 Å². The van der Waals surface area contributed by atoms with Crippen molar-refractivity contribution in [2.45, 2.75) is 30.1 Å². The van der Waals surface area contributed by atoms with Crippen LogP contribution in [0.5, 0.6) is 0 Å². The molecule has 1 saturated carbocycles. The maximum atomic E-state index is 11.6. The molecule has 2 aliphatic rings. The lowest BCUT2D eigenvalue weighted by Gasteiger charge is -2.19. The predicted molar refractivity (Wildman–Crippen MR) is 54.8 cm³/mol. The Morgan fingerprint density at radius 2 is 2.21 bits per heavy atom. The van der Waals surface area contributed by atoms with Gasteiger partial charge in [-0.3, -0.25) is 0 Å². The molecule has 2 bridgehead atoms. The first-order chi connectivity index (χ1) is 6.68. The summed E-state index contributed by atoms with van der Waals surface area (Å²) in [5.74, 6) is 0.624. The van der Waals surface area contributed by atoms with Crippen LogP contribution in [0.3, 0.4) is 0 Å². The summed E-state index contributed by atoms with van der Waals surface area (Å²) in [5.41, 5.74) is 1.86. The molecule has 2 nitrogen and oxygen atoms in total. The van der Waals surface area contributed by atoms with Crippen LogP contribution in [0, 0.1) is 5.21 Å². The number of hydrogen-bond acceptors (Lipinski definition) is 1. The second-order valence-electron chi connectivity index (χ2n) is 4.08. The van der Waals surface area contributed by atoms with Gasteiger partial charge in [0.2, 0.25) is 5.69 Å². The minimum absolute atomic E-state index is 0.160. The van der Waals surface area contributed by atoms with Crippen LogP contribution >= 0.6 is 23.2 Å². The van der Waals surface area contributed by atoms with Gasteiger partial charge in [-0.15, -0.1) is 11.6 Å². The minimum atomic E-state index is 0.160. The van der Waals surface area contributed by atoms with Gasteiger partial charge < -0.3 is 5.21 Å². The summed E-state index contributed by atoms with van der Waals surface area (Å²) < 4.78 is 0.953. The molecule has 1 aromatic heterocycles. The largest absolute Gasteiger partial charge is 0.618 e. The quantitative estimate of drug-likeness (QED) is 0.382. The van der Waals surface area contributed by atoms with Crippen molar-refractivity contribution in [3.63, 3.8) is 0 Å². The number of aromatic nitrogens is 1. The van der Waals surface area contributed by atoms with Gasteiger partial charge in [0.05, 0.1) is 5.02 Å². The van der Waals surface area contributed by atoms with Crippen molar-refractivity contribution in [2.75, 3.05) is 0 Å². The summed E-state index contributed by atoms with van der Waals surface area (Å²) in [5, 5.41) is 12.4. The van der Waals surface area contributed by atoms with Gasteiger partial charge in [0, 0.05) is 28.8 Å². The molecule has 1 heterocycles. The highest BCUT2D eigenvalue weighted by atomic mass is 35.5. The first-order valence-electron chi connectivity index (χ1n) is 4.74. The Kier molecular flexibility index (Phi) is 1.74. The van der Waals surface area contributed by atoms with Crippen LogP contribution in [0.4, 0.5) is 0 Å². The predicted octanol–water partition coefficient (Wildman–Crippen LogP) is 2.56. The van der Waals surface area contributed by atoms with Crippen LogP contribution in [0.25, 0.3) is 0 Å². The fourth-order valence-corrected chi connectivity index (χ4v) is 3.56. The van der Waals surface area contributed by atoms with E-state index < -0.39 is 0 Å². The van der Waals surface area contributed by atoms with E-state index in [0.29, 0.717) is 16.9 Å². The van der Waals surface area contributed by atoms with Crippen molar-refractivity contribution in [1.29, 1.82) is 0 Å². The monoisotopic (exact) mass is 229 g/mol. The Morgan fingerprint density at radius 1 is 1.43 bits per heavy atom. The molecule has 0 amide bonds. The third kappa shape index (κ3) is 0.958.